The molecular weight excluding hydrogens is 308 g/mol. The maximum atomic E-state index is 14.2. The Kier molecular flexibility index (Phi) is 5.63. The molecular formula is C17H18Cl2FN. The van der Waals surface area contributed by atoms with Crippen LogP contribution in [0.2, 0.25) is 10.0 Å². The van der Waals surface area contributed by atoms with E-state index in [0.29, 0.717) is 21.2 Å². The van der Waals surface area contributed by atoms with Gasteiger partial charge in [-0.15, -0.1) is 0 Å². The second kappa shape index (κ2) is 7.26. The zero-order valence-electron chi connectivity index (χ0n) is 12.1. The van der Waals surface area contributed by atoms with Crippen molar-refractivity contribution in [1.82, 2.24) is 5.32 Å². The first-order valence-corrected chi connectivity index (χ1v) is 7.76. The molecule has 4 heteroatoms. The fourth-order valence-electron chi connectivity index (χ4n) is 2.20. The van der Waals surface area contributed by atoms with Crippen molar-refractivity contribution in [1.29, 1.82) is 0 Å². The van der Waals surface area contributed by atoms with Crippen LogP contribution in [0, 0.1) is 5.82 Å². The summed E-state index contributed by atoms with van der Waals surface area (Å²) in [6, 6.07) is 10.3. The molecule has 0 fully saturated rings. The smallest absolute Gasteiger partial charge is 0.131 e. The van der Waals surface area contributed by atoms with Crippen molar-refractivity contribution >= 4 is 23.2 Å². The van der Waals surface area contributed by atoms with Gasteiger partial charge < -0.3 is 5.32 Å². The molecule has 2 aromatic carbocycles. The van der Waals surface area contributed by atoms with Crippen LogP contribution in [-0.2, 0) is 0 Å². The highest BCUT2D eigenvalue weighted by Crippen LogP contribution is 2.33. The summed E-state index contributed by atoms with van der Waals surface area (Å²) in [6.45, 7) is 5.10. The predicted octanol–water partition coefficient (Wildman–Crippen LogP) is 5.86. The van der Waals surface area contributed by atoms with Gasteiger partial charge in [-0.25, -0.2) is 4.39 Å². The van der Waals surface area contributed by atoms with Gasteiger partial charge in [0.1, 0.15) is 5.82 Å². The number of halogens is 3. The van der Waals surface area contributed by atoms with Crippen molar-refractivity contribution < 1.29 is 4.39 Å². The van der Waals surface area contributed by atoms with E-state index in [9.17, 15) is 4.39 Å². The largest absolute Gasteiger partial charge is 0.310 e. The van der Waals surface area contributed by atoms with Gasteiger partial charge in [-0.1, -0.05) is 36.2 Å². The Morgan fingerprint density at radius 1 is 1.10 bits per heavy atom. The van der Waals surface area contributed by atoms with E-state index in [2.05, 4.69) is 19.2 Å². The molecule has 0 heterocycles. The van der Waals surface area contributed by atoms with E-state index in [0.717, 1.165) is 18.5 Å². The van der Waals surface area contributed by atoms with E-state index in [1.54, 1.807) is 24.3 Å². The Labute approximate surface area is 135 Å². The second-order valence-corrected chi connectivity index (χ2v) is 5.88. The highest BCUT2D eigenvalue weighted by molar-refractivity contribution is 6.35. The lowest BCUT2D eigenvalue weighted by Crippen LogP contribution is -2.19. The number of rotatable bonds is 5. The molecule has 0 spiro atoms. The number of hydrogen-bond acceptors (Lipinski definition) is 1. The molecule has 2 aromatic rings. The molecule has 1 unspecified atom stereocenters. The van der Waals surface area contributed by atoms with Crippen LogP contribution >= 0.6 is 23.2 Å². The molecule has 21 heavy (non-hydrogen) atoms. The number of hydrogen-bond donors (Lipinski definition) is 1. The van der Waals surface area contributed by atoms with E-state index in [-0.39, 0.29) is 11.9 Å². The van der Waals surface area contributed by atoms with Crippen LogP contribution in [0.15, 0.2) is 36.4 Å². The molecule has 0 radical (unpaired) electrons. The van der Waals surface area contributed by atoms with Crippen molar-refractivity contribution in [3.8, 4) is 11.1 Å². The lowest BCUT2D eigenvalue weighted by Gasteiger charge is -2.16. The molecule has 0 aliphatic heterocycles. The number of benzene rings is 2. The lowest BCUT2D eigenvalue weighted by atomic mass is 9.99. The molecule has 2 rings (SSSR count). The van der Waals surface area contributed by atoms with E-state index in [1.165, 1.54) is 6.07 Å². The first-order valence-electron chi connectivity index (χ1n) is 7.01. The molecule has 0 aliphatic rings. The van der Waals surface area contributed by atoms with Gasteiger partial charge in [-0.2, -0.15) is 0 Å². The topological polar surface area (TPSA) is 12.0 Å². The molecule has 1 N–H and O–H groups in total. The summed E-state index contributed by atoms with van der Waals surface area (Å²) in [4.78, 5) is 0. The maximum Gasteiger partial charge on any atom is 0.131 e. The first kappa shape index (κ1) is 16.3. The summed E-state index contributed by atoms with van der Waals surface area (Å²) < 4.78 is 14.2. The lowest BCUT2D eigenvalue weighted by molar-refractivity contribution is 0.568. The standard InChI is InChI=1S/C17H18Cl2FN/c1-3-8-21-11(2)12-4-7-17(20)15(9-12)14-10-13(18)5-6-16(14)19/h4-7,9-11,21H,3,8H2,1-2H3. The van der Waals surface area contributed by atoms with Gasteiger partial charge in [-0.05, 0) is 55.8 Å². The highest BCUT2D eigenvalue weighted by atomic mass is 35.5. The van der Waals surface area contributed by atoms with Gasteiger partial charge in [0.25, 0.3) is 0 Å². The van der Waals surface area contributed by atoms with E-state index in [1.807, 2.05) is 6.07 Å². The van der Waals surface area contributed by atoms with E-state index in [4.69, 9.17) is 23.2 Å². The van der Waals surface area contributed by atoms with Gasteiger partial charge >= 0.3 is 0 Å². The van der Waals surface area contributed by atoms with Crippen LogP contribution in [0.4, 0.5) is 4.39 Å². The second-order valence-electron chi connectivity index (χ2n) is 5.04. The Balaban J connectivity index is 2.41. The highest BCUT2D eigenvalue weighted by Gasteiger charge is 2.13. The SMILES string of the molecule is CCCNC(C)c1ccc(F)c(-c2cc(Cl)ccc2Cl)c1. The van der Waals surface area contributed by atoms with Crippen molar-refractivity contribution in [3.05, 3.63) is 57.8 Å². The zero-order valence-corrected chi connectivity index (χ0v) is 13.6. The van der Waals surface area contributed by atoms with Gasteiger partial charge in [-0.3, -0.25) is 0 Å². The van der Waals surface area contributed by atoms with Gasteiger partial charge in [0.05, 0.1) is 0 Å². The third-order valence-electron chi connectivity index (χ3n) is 3.41. The molecule has 0 aliphatic carbocycles. The Hall–Kier alpha value is -1.09. The van der Waals surface area contributed by atoms with E-state index < -0.39 is 0 Å². The summed E-state index contributed by atoms with van der Waals surface area (Å²) in [7, 11) is 0. The van der Waals surface area contributed by atoms with Crippen LogP contribution < -0.4 is 5.32 Å². The quantitative estimate of drug-likeness (QED) is 0.725. The van der Waals surface area contributed by atoms with E-state index >= 15 is 0 Å². The molecule has 0 saturated heterocycles. The Bertz CT molecular complexity index is 628. The summed E-state index contributed by atoms with van der Waals surface area (Å²) >= 11 is 12.2. The fourth-order valence-corrected chi connectivity index (χ4v) is 2.59. The van der Waals surface area contributed by atoms with Crippen molar-refractivity contribution in [3.63, 3.8) is 0 Å². The zero-order chi connectivity index (χ0) is 15.4. The van der Waals surface area contributed by atoms with Gasteiger partial charge in [0.2, 0.25) is 0 Å². The van der Waals surface area contributed by atoms with Crippen LogP contribution in [0.25, 0.3) is 11.1 Å². The number of nitrogens with one attached hydrogen (secondary N) is 1. The van der Waals surface area contributed by atoms with Crippen LogP contribution in [0.5, 0.6) is 0 Å². The summed E-state index contributed by atoms with van der Waals surface area (Å²) in [5.74, 6) is -0.300. The minimum atomic E-state index is -0.300. The maximum absolute atomic E-state index is 14.2. The van der Waals surface area contributed by atoms with Crippen molar-refractivity contribution in [2.24, 2.45) is 0 Å². The molecule has 0 saturated carbocycles. The molecule has 0 aromatic heterocycles. The predicted molar refractivity (Wildman–Crippen MR) is 88.6 cm³/mol. The van der Waals surface area contributed by atoms with Crippen molar-refractivity contribution in [2.75, 3.05) is 6.54 Å². The Morgan fingerprint density at radius 2 is 1.86 bits per heavy atom. The van der Waals surface area contributed by atoms with Gasteiger partial charge in [0.15, 0.2) is 0 Å². The molecule has 112 valence electrons. The summed E-state index contributed by atoms with van der Waals surface area (Å²) in [6.07, 6.45) is 1.05. The minimum absolute atomic E-state index is 0.155. The molecule has 0 amide bonds. The Morgan fingerprint density at radius 3 is 2.57 bits per heavy atom. The molecule has 1 atom stereocenters. The molecule has 0 bridgehead atoms. The minimum Gasteiger partial charge on any atom is -0.310 e. The molecule has 1 nitrogen and oxygen atoms in total. The van der Waals surface area contributed by atoms with Gasteiger partial charge in [0, 0.05) is 27.2 Å². The normalized spacial score (nSPS) is 12.4. The third-order valence-corrected chi connectivity index (χ3v) is 3.97. The van der Waals surface area contributed by atoms with Crippen LogP contribution in [0.1, 0.15) is 31.9 Å². The van der Waals surface area contributed by atoms with Crippen LogP contribution in [-0.4, -0.2) is 6.54 Å². The van der Waals surface area contributed by atoms with Crippen LogP contribution in [0.3, 0.4) is 0 Å². The first-order chi connectivity index (χ1) is 10.0. The van der Waals surface area contributed by atoms with Crippen molar-refractivity contribution in [2.45, 2.75) is 26.3 Å². The summed E-state index contributed by atoms with van der Waals surface area (Å²) in [5.41, 5.74) is 2.12. The average molecular weight is 326 g/mol. The monoisotopic (exact) mass is 325 g/mol. The fraction of sp³-hybridized carbons (Fsp3) is 0.294. The third kappa shape index (κ3) is 3.97. The average Bonchev–Trinajstić information content (AvgIpc) is 2.48. The summed E-state index contributed by atoms with van der Waals surface area (Å²) in [5, 5.41) is 4.42.